The summed E-state index contributed by atoms with van der Waals surface area (Å²) >= 11 is 0. The number of ether oxygens (including phenoxy) is 1. The third kappa shape index (κ3) is 3.47. The van der Waals surface area contributed by atoms with Crippen LogP contribution in [0.4, 0.5) is 0 Å². The summed E-state index contributed by atoms with van der Waals surface area (Å²) in [4.78, 5) is 25.9. The zero-order chi connectivity index (χ0) is 13.3. The van der Waals surface area contributed by atoms with Crippen molar-refractivity contribution >= 4 is 11.9 Å². The van der Waals surface area contributed by atoms with E-state index in [-0.39, 0.29) is 23.7 Å². The number of esters is 1. The van der Waals surface area contributed by atoms with E-state index in [1.165, 1.54) is 0 Å². The minimum absolute atomic E-state index is 0.138. The van der Waals surface area contributed by atoms with Gasteiger partial charge in [-0.1, -0.05) is 0 Å². The van der Waals surface area contributed by atoms with E-state index in [2.05, 4.69) is 0 Å². The first kappa shape index (κ1) is 13.4. The van der Waals surface area contributed by atoms with E-state index in [9.17, 15) is 9.59 Å². The van der Waals surface area contributed by atoms with Gasteiger partial charge in [0.25, 0.3) is 0 Å². The van der Waals surface area contributed by atoms with Crippen molar-refractivity contribution in [1.29, 1.82) is 0 Å². The Morgan fingerprint density at radius 3 is 2.33 bits per heavy atom. The molecular formula is C14H23NO3. The normalized spacial score (nSPS) is 24.8. The molecule has 1 unspecified atom stereocenters. The molecule has 1 aliphatic heterocycles. The molecule has 4 nitrogen and oxygen atoms in total. The van der Waals surface area contributed by atoms with Crippen molar-refractivity contribution in [3.05, 3.63) is 0 Å². The molecule has 1 aliphatic carbocycles. The highest BCUT2D eigenvalue weighted by molar-refractivity contribution is 5.82. The molecule has 1 heterocycles. The zero-order valence-electron chi connectivity index (χ0n) is 11.6. The van der Waals surface area contributed by atoms with Gasteiger partial charge in [-0.25, -0.2) is 0 Å². The Kier molecular flexibility index (Phi) is 3.64. The summed E-state index contributed by atoms with van der Waals surface area (Å²) in [5.41, 5.74) is -0.445. The second kappa shape index (κ2) is 4.90. The van der Waals surface area contributed by atoms with Gasteiger partial charge >= 0.3 is 5.97 Å². The van der Waals surface area contributed by atoms with Crippen LogP contribution in [-0.2, 0) is 14.3 Å². The minimum Gasteiger partial charge on any atom is -0.460 e. The van der Waals surface area contributed by atoms with Crippen LogP contribution in [-0.4, -0.2) is 35.5 Å². The molecule has 1 amide bonds. The van der Waals surface area contributed by atoms with Crippen LogP contribution in [0.25, 0.3) is 0 Å². The van der Waals surface area contributed by atoms with E-state index < -0.39 is 5.60 Å². The number of hydrogen-bond donors (Lipinski definition) is 0. The lowest BCUT2D eigenvalue weighted by Gasteiger charge is -2.33. The Labute approximate surface area is 109 Å². The van der Waals surface area contributed by atoms with Crippen LogP contribution in [0.5, 0.6) is 0 Å². The van der Waals surface area contributed by atoms with E-state index in [0.29, 0.717) is 6.54 Å². The van der Waals surface area contributed by atoms with Crippen molar-refractivity contribution in [2.24, 2.45) is 11.8 Å². The van der Waals surface area contributed by atoms with Crippen molar-refractivity contribution < 1.29 is 14.3 Å². The van der Waals surface area contributed by atoms with Gasteiger partial charge in [-0.05, 0) is 46.5 Å². The summed E-state index contributed by atoms with van der Waals surface area (Å²) < 4.78 is 5.40. The molecule has 0 aromatic heterocycles. The summed E-state index contributed by atoms with van der Waals surface area (Å²) in [7, 11) is 0. The Hall–Kier alpha value is -1.06. The standard InChI is InChI=1S/C14H23NO3/c1-14(2,3)18-13(17)11-5-4-8-15(9-11)12(16)10-6-7-10/h10-11H,4-9H2,1-3H3. The first-order valence-electron chi connectivity index (χ1n) is 6.88. The van der Waals surface area contributed by atoms with Crippen molar-refractivity contribution in [2.75, 3.05) is 13.1 Å². The van der Waals surface area contributed by atoms with Gasteiger partial charge < -0.3 is 9.64 Å². The molecule has 102 valence electrons. The molecular weight excluding hydrogens is 230 g/mol. The summed E-state index contributed by atoms with van der Waals surface area (Å²) in [5, 5.41) is 0. The molecule has 0 radical (unpaired) electrons. The molecule has 0 aromatic carbocycles. The zero-order valence-corrected chi connectivity index (χ0v) is 11.6. The quantitative estimate of drug-likeness (QED) is 0.707. The van der Waals surface area contributed by atoms with Gasteiger partial charge in [0.1, 0.15) is 5.60 Å². The fraction of sp³-hybridized carbons (Fsp3) is 0.857. The molecule has 1 atom stereocenters. The third-order valence-electron chi connectivity index (χ3n) is 3.40. The van der Waals surface area contributed by atoms with E-state index in [0.717, 1.165) is 32.2 Å². The van der Waals surface area contributed by atoms with Crippen LogP contribution in [0.1, 0.15) is 46.5 Å². The molecule has 0 N–H and O–H groups in total. The Morgan fingerprint density at radius 2 is 1.78 bits per heavy atom. The summed E-state index contributed by atoms with van der Waals surface area (Å²) in [6.45, 7) is 6.97. The molecule has 2 aliphatic rings. The lowest BCUT2D eigenvalue weighted by molar-refractivity contribution is -0.162. The van der Waals surface area contributed by atoms with Crippen molar-refractivity contribution in [3.8, 4) is 0 Å². The minimum atomic E-state index is -0.445. The van der Waals surface area contributed by atoms with E-state index >= 15 is 0 Å². The molecule has 2 rings (SSSR count). The Morgan fingerprint density at radius 1 is 1.11 bits per heavy atom. The molecule has 1 saturated carbocycles. The van der Waals surface area contributed by atoms with Gasteiger partial charge in [-0.2, -0.15) is 0 Å². The van der Waals surface area contributed by atoms with Gasteiger partial charge in [-0.15, -0.1) is 0 Å². The smallest absolute Gasteiger partial charge is 0.311 e. The fourth-order valence-electron chi connectivity index (χ4n) is 2.34. The number of carbonyl (C=O) groups excluding carboxylic acids is 2. The molecule has 0 bridgehead atoms. The Bertz CT molecular complexity index is 341. The largest absolute Gasteiger partial charge is 0.460 e. The van der Waals surface area contributed by atoms with Gasteiger partial charge in [0.2, 0.25) is 5.91 Å². The first-order chi connectivity index (χ1) is 8.37. The fourth-order valence-corrected chi connectivity index (χ4v) is 2.34. The number of nitrogens with zero attached hydrogens (tertiary/aromatic N) is 1. The SMILES string of the molecule is CC(C)(C)OC(=O)C1CCCN(C(=O)C2CC2)C1. The van der Waals surface area contributed by atoms with E-state index in [1.54, 1.807) is 0 Å². The average Bonchev–Trinajstić information content (AvgIpc) is 3.10. The van der Waals surface area contributed by atoms with Gasteiger partial charge in [-0.3, -0.25) is 9.59 Å². The predicted molar refractivity (Wildman–Crippen MR) is 67.9 cm³/mol. The number of amides is 1. The highest BCUT2D eigenvalue weighted by atomic mass is 16.6. The van der Waals surface area contributed by atoms with Crippen LogP contribution >= 0.6 is 0 Å². The number of carbonyl (C=O) groups is 2. The highest BCUT2D eigenvalue weighted by Crippen LogP contribution is 2.32. The summed E-state index contributed by atoms with van der Waals surface area (Å²) in [5.74, 6) is 0.183. The molecule has 1 saturated heterocycles. The molecule has 4 heteroatoms. The maximum atomic E-state index is 12.0. The van der Waals surface area contributed by atoms with Crippen molar-refractivity contribution in [2.45, 2.75) is 52.1 Å². The Balaban J connectivity index is 1.89. The van der Waals surface area contributed by atoms with Crippen LogP contribution in [0.3, 0.4) is 0 Å². The molecule has 18 heavy (non-hydrogen) atoms. The van der Waals surface area contributed by atoms with Crippen molar-refractivity contribution in [1.82, 2.24) is 4.90 Å². The second-order valence-electron chi connectivity index (χ2n) is 6.43. The number of piperidine rings is 1. The average molecular weight is 253 g/mol. The van der Waals surface area contributed by atoms with Crippen LogP contribution in [0.15, 0.2) is 0 Å². The van der Waals surface area contributed by atoms with Crippen LogP contribution in [0, 0.1) is 11.8 Å². The molecule has 0 aromatic rings. The van der Waals surface area contributed by atoms with Gasteiger partial charge in [0, 0.05) is 19.0 Å². The van der Waals surface area contributed by atoms with Gasteiger partial charge in [0.05, 0.1) is 5.92 Å². The topological polar surface area (TPSA) is 46.6 Å². The summed E-state index contributed by atoms with van der Waals surface area (Å²) in [6, 6.07) is 0. The first-order valence-corrected chi connectivity index (χ1v) is 6.88. The molecule has 0 spiro atoms. The monoisotopic (exact) mass is 253 g/mol. The summed E-state index contributed by atoms with van der Waals surface area (Å²) in [6.07, 6.45) is 3.78. The predicted octanol–water partition coefficient (Wildman–Crippen LogP) is 1.98. The highest BCUT2D eigenvalue weighted by Gasteiger charge is 2.37. The lowest BCUT2D eigenvalue weighted by atomic mass is 9.97. The van der Waals surface area contributed by atoms with E-state index in [4.69, 9.17) is 4.74 Å². The third-order valence-corrected chi connectivity index (χ3v) is 3.40. The van der Waals surface area contributed by atoms with Gasteiger partial charge in [0.15, 0.2) is 0 Å². The van der Waals surface area contributed by atoms with Crippen molar-refractivity contribution in [3.63, 3.8) is 0 Å². The maximum absolute atomic E-state index is 12.0. The van der Waals surface area contributed by atoms with E-state index in [1.807, 2.05) is 25.7 Å². The molecule has 2 fully saturated rings. The van der Waals surface area contributed by atoms with Crippen LogP contribution < -0.4 is 0 Å². The maximum Gasteiger partial charge on any atom is 0.311 e. The second-order valence-corrected chi connectivity index (χ2v) is 6.43. The number of likely N-dealkylation sites (tertiary alicyclic amines) is 1. The number of rotatable bonds is 2. The van der Waals surface area contributed by atoms with Crippen LogP contribution in [0.2, 0.25) is 0 Å². The lowest BCUT2D eigenvalue weighted by Crippen LogP contribution is -2.44. The number of hydrogen-bond acceptors (Lipinski definition) is 3.